The number of hydrogen-bond donors (Lipinski definition) is 0. The first-order valence-electron chi connectivity index (χ1n) is 4.19. The summed E-state index contributed by atoms with van der Waals surface area (Å²) in [7, 11) is 0. The first-order valence-corrected chi connectivity index (χ1v) is 4.19. The molecular formula is C10H8FNO3. The third-order valence-corrected chi connectivity index (χ3v) is 1.71. The van der Waals surface area contributed by atoms with E-state index in [9.17, 15) is 19.3 Å². The molecule has 0 amide bonds. The van der Waals surface area contributed by atoms with Crippen molar-refractivity contribution < 1.29 is 14.1 Å². The van der Waals surface area contributed by atoms with Crippen LogP contribution in [0.3, 0.4) is 0 Å². The predicted molar refractivity (Wildman–Crippen MR) is 52.8 cm³/mol. The SMILES string of the molecule is O=CCC=Cc1ccc([N+](=O)[O-])c(F)c1. The fourth-order valence-corrected chi connectivity index (χ4v) is 1.03. The Morgan fingerprint density at radius 1 is 1.47 bits per heavy atom. The number of rotatable bonds is 4. The van der Waals surface area contributed by atoms with Gasteiger partial charge in [0.25, 0.3) is 0 Å². The molecule has 0 heterocycles. The van der Waals surface area contributed by atoms with Crippen LogP contribution in [0.1, 0.15) is 12.0 Å². The molecule has 0 aromatic heterocycles. The lowest BCUT2D eigenvalue weighted by Crippen LogP contribution is -1.92. The van der Waals surface area contributed by atoms with Crippen LogP contribution in [0.4, 0.5) is 10.1 Å². The number of nitro groups is 1. The van der Waals surface area contributed by atoms with Gasteiger partial charge in [-0.3, -0.25) is 10.1 Å². The van der Waals surface area contributed by atoms with Crippen LogP contribution in [0, 0.1) is 15.9 Å². The van der Waals surface area contributed by atoms with E-state index >= 15 is 0 Å². The van der Waals surface area contributed by atoms with Gasteiger partial charge in [0.2, 0.25) is 5.82 Å². The summed E-state index contributed by atoms with van der Waals surface area (Å²) >= 11 is 0. The fraction of sp³-hybridized carbons (Fsp3) is 0.100. The highest BCUT2D eigenvalue weighted by molar-refractivity contribution is 5.58. The first kappa shape index (κ1) is 11.0. The van der Waals surface area contributed by atoms with E-state index in [1.54, 1.807) is 6.08 Å². The van der Waals surface area contributed by atoms with Crippen molar-refractivity contribution in [1.29, 1.82) is 0 Å². The Hall–Kier alpha value is -2.04. The van der Waals surface area contributed by atoms with Crippen molar-refractivity contribution in [3.8, 4) is 0 Å². The molecule has 0 radical (unpaired) electrons. The highest BCUT2D eigenvalue weighted by Crippen LogP contribution is 2.18. The van der Waals surface area contributed by atoms with Gasteiger partial charge >= 0.3 is 5.69 Å². The summed E-state index contributed by atoms with van der Waals surface area (Å²) in [6.07, 6.45) is 4.02. The van der Waals surface area contributed by atoms with Gasteiger partial charge in [-0.15, -0.1) is 0 Å². The van der Waals surface area contributed by atoms with Crippen LogP contribution in [0.25, 0.3) is 6.08 Å². The predicted octanol–water partition coefficient (Wildman–Crippen LogP) is 2.34. The highest BCUT2D eigenvalue weighted by atomic mass is 19.1. The fourth-order valence-electron chi connectivity index (χ4n) is 1.03. The molecule has 15 heavy (non-hydrogen) atoms. The lowest BCUT2D eigenvalue weighted by molar-refractivity contribution is -0.387. The van der Waals surface area contributed by atoms with Crippen LogP contribution in [-0.2, 0) is 4.79 Å². The van der Waals surface area contributed by atoms with Crippen molar-refractivity contribution in [3.05, 3.63) is 45.8 Å². The standard InChI is InChI=1S/C10H8FNO3/c11-9-7-8(3-1-2-6-13)4-5-10(9)12(14)15/h1,3-7H,2H2. The van der Waals surface area contributed by atoms with Crippen LogP contribution < -0.4 is 0 Å². The Labute approximate surface area is 85.2 Å². The molecule has 1 aromatic carbocycles. The molecule has 0 N–H and O–H groups in total. The molecule has 4 nitrogen and oxygen atoms in total. The molecule has 0 unspecified atom stereocenters. The van der Waals surface area contributed by atoms with E-state index in [0.29, 0.717) is 11.8 Å². The van der Waals surface area contributed by atoms with Gasteiger partial charge in [0, 0.05) is 12.5 Å². The smallest absolute Gasteiger partial charge is 0.303 e. The molecule has 0 spiro atoms. The van der Waals surface area contributed by atoms with Crippen LogP contribution in [-0.4, -0.2) is 11.2 Å². The number of allylic oxidation sites excluding steroid dienone is 1. The molecule has 5 heteroatoms. The number of benzene rings is 1. The summed E-state index contributed by atoms with van der Waals surface area (Å²) in [5.74, 6) is -0.881. The number of halogens is 1. The molecule has 0 aliphatic heterocycles. The second-order valence-corrected chi connectivity index (χ2v) is 2.77. The Morgan fingerprint density at radius 3 is 2.73 bits per heavy atom. The van der Waals surface area contributed by atoms with Crippen LogP contribution in [0.5, 0.6) is 0 Å². The van der Waals surface area contributed by atoms with E-state index in [0.717, 1.165) is 12.1 Å². The third-order valence-electron chi connectivity index (χ3n) is 1.71. The number of carbonyl (C=O) groups excluding carboxylic acids is 1. The molecule has 0 aliphatic rings. The minimum Gasteiger partial charge on any atom is -0.303 e. The molecule has 1 aromatic rings. The normalized spacial score (nSPS) is 10.5. The van der Waals surface area contributed by atoms with Crippen LogP contribution in [0.2, 0.25) is 0 Å². The van der Waals surface area contributed by atoms with Crippen molar-refractivity contribution in [2.75, 3.05) is 0 Å². The Bertz CT molecular complexity index is 415. The van der Waals surface area contributed by atoms with Crippen molar-refractivity contribution in [3.63, 3.8) is 0 Å². The number of nitro benzene ring substituents is 1. The van der Waals surface area contributed by atoms with Gasteiger partial charge in [-0.1, -0.05) is 12.2 Å². The van der Waals surface area contributed by atoms with Gasteiger partial charge in [0.05, 0.1) is 4.92 Å². The topological polar surface area (TPSA) is 60.2 Å². The maximum Gasteiger partial charge on any atom is 0.304 e. The van der Waals surface area contributed by atoms with Gasteiger partial charge in [0.1, 0.15) is 6.29 Å². The molecule has 0 saturated carbocycles. The summed E-state index contributed by atoms with van der Waals surface area (Å²) in [5, 5.41) is 10.3. The second-order valence-electron chi connectivity index (χ2n) is 2.77. The largest absolute Gasteiger partial charge is 0.304 e. The number of carbonyl (C=O) groups is 1. The summed E-state index contributed by atoms with van der Waals surface area (Å²) < 4.78 is 13.1. The summed E-state index contributed by atoms with van der Waals surface area (Å²) in [6, 6.07) is 3.57. The molecule has 0 atom stereocenters. The van der Waals surface area contributed by atoms with Crippen LogP contribution in [0.15, 0.2) is 24.3 Å². The second kappa shape index (κ2) is 4.99. The average Bonchev–Trinajstić information content (AvgIpc) is 2.17. The zero-order valence-electron chi connectivity index (χ0n) is 7.72. The molecule has 78 valence electrons. The molecule has 1 rings (SSSR count). The Kier molecular flexibility index (Phi) is 3.68. The molecule has 0 bridgehead atoms. The summed E-state index contributed by atoms with van der Waals surface area (Å²) in [6.45, 7) is 0. The van der Waals surface area contributed by atoms with Gasteiger partial charge < -0.3 is 4.79 Å². The van der Waals surface area contributed by atoms with E-state index < -0.39 is 16.4 Å². The van der Waals surface area contributed by atoms with Crippen molar-refractivity contribution in [2.45, 2.75) is 6.42 Å². The maximum atomic E-state index is 13.1. The van der Waals surface area contributed by atoms with E-state index in [4.69, 9.17) is 0 Å². The van der Waals surface area contributed by atoms with E-state index in [1.807, 2.05) is 0 Å². The molecular weight excluding hydrogens is 201 g/mol. The lowest BCUT2D eigenvalue weighted by atomic mass is 10.2. The zero-order valence-corrected chi connectivity index (χ0v) is 7.72. The highest BCUT2D eigenvalue weighted by Gasteiger charge is 2.12. The maximum absolute atomic E-state index is 13.1. The zero-order chi connectivity index (χ0) is 11.3. The molecule has 0 saturated heterocycles. The molecule has 0 fully saturated rings. The first-order chi connectivity index (χ1) is 7.15. The van der Waals surface area contributed by atoms with E-state index in [-0.39, 0.29) is 6.42 Å². The van der Waals surface area contributed by atoms with Crippen molar-refractivity contribution in [1.82, 2.24) is 0 Å². The molecule has 0 aliphatic carbocycles. The van der Waals surface area contributed by atoms with Crippen LogP contribution >= 0.6 is 0 Å². The number of aldehydes is 1. The Morgan fingerprint density at radius 2 is 2.20 bits per heavy atom. The summed E-state index contributed by atoms with van der Waals surface area (Å²) in [4.78, 5) is 19.5. The number of nitrogens with zero attached hydrogens (tertiary/aromatic N) is 1. The Balaban J connectivity index is 2.91. The van der Waals surface area contributed by atoms with E-state index in [2.05, 4.69) is 0 Å². The van der Waals surface area contributed by atoms with Crippen molar-refractivity contribution >= 4 is 18.0 Å². The minimum atomic E-state index is -0.881. The quantitative estimate of drug-likeness (QED) is 0.434. The van der Waals surface area contributed by atoms with Gasteiger partial charge in [-0.05, 0) is 17.7 Å². The van der Waals surface area contributed by atoms with E-state index in [1.165, 1.54) is 12.1 Å². The number of hydrogen-bond acceptors (Lipinski definition) is 3. The third kappa shape index (κ3) is 2.98. The van der Waals surface area contributed by atoms with Gasteiger partial charge in [-0.25, -0.2) is 0 Å². The van der Waals surface area contributed by atoms with Crippen molar-refractivity contribution in [2.24, 2.45) is 0 Å². The van der Waals surface area contributed by atoms with Gasteiger partial charge in [0.15, 0.2) is 0 Å². The lowest BCUT2D eigenvalue weighted by Gasteiger charge is -1.95. The average molecular weight is 209 g/mol. The summed E-state index contributed by atoms with van der Waals surface area (Å²) in [5.41, 5.74) is -0.0671. The minimum absolute atomic E-state index is 0.235. The van der Waals surface area contributed by atoms with Gasteiger partial charge in [-0.2, -0.15) is 4.39 Å². The monoisotopic (exact) mass is 209 g/mol.